The molecule has 0 aliphatic heterocycles. The third-order valence-electron chi connectivity index (χ3n) is 1.45. The maximum absolute atomic E-state index is 12.9. The van der Waals surface area contributed by atoms with E-state index in [1.807, 2.05) is 0 Å². The quantitative estimate of drug-likeness (QED) is 0.753. The van der Waals surface area contributed by atoms with E-state index >= 15 is 0 Å². The van der Waals surface area contributed by atoms with Crippen LogP contribution in [0.5, 0.6) is 0 Å². The summed E-state index contributed by atoms with van der Waals surface area (Å²) in [6, 6.07) is 5.40. The third kappa shape index (κ3) is 1.50. The van der Waals surface area contributed by atoms with E-state index in [0.29, 0.717) is 11.4 Å². The zero-order valence-electron chi connectivity index (χ0n) is 6.25. The standard InChI is InChI=1S/C7H3ClFN4/c8-5-2-1-4(3-6(5)9)7-10-12-13-11-7/h1-2H,(H,10,11,12,13). The number of aromatic nitrogens is 4. The summed E-state index contributed by atoms with van der Waals surface area (Å²) in [5.74, 6) is -0.258. The predicted molar refractivity (Wildman–Crippen MR) is 43.4 cm³/mol. The summed E-state index contributed by atoms with van der Waals surface area (Å²) >= 11 is 5.47. The van der Waals surface area contributed by atoms with E-state index in [1.165, 1.54) is 6.07 Å². The van der Waals surface area contributed by atoms with Gasteiger partial charge in [0.25, 0.3) is 0 Å². The number of tetrazole rings is 1. The average Bonchev–Trinajstić information content (AvgIpc) is 2.62. The van der Waals surface area contributed by atoms with Crippen molar-refractivity contribution in [1.29, 1.82) is 0 Å². The number of benzene rings is 1. The highest BCUT2D eigenvalue weighted by molar-refractivity contribution is 6.30. The molecule has 0 fully saturated rings. The highest BCUT2D eigenvalue weighted by Crippen LogP contribution is 2.19. The van der Waals surface area contributed by atoms with E-state index in [9.17, 15) is 4.39 Å². The fourth-order valence-corrected chi connectivity index (χ4v) is 0.971. The molecule has 1 aromatic heterocycles. The van der Waals surface area contributed by atoms with Crippen molar-refractivity contribution in [2.45, 2.75) is 0 Å². The van der Waals surface area contributed by atoms with E-state index in [4.69, 9.17) is 11.6 Å². The van der Waals surface area contributed by atoms with Crippen molar-refractivity contribution in [2.75, 3.05) is 0 Å². The molecule has 0 saturated carbocycles. The SMILES string of the molecule is Fc1[c]c(-c2nnn[nH]2)ccc1Cl. The lowest BCUT2D eigenvalue weighted by atomic mass is 10.2. The van der Waals surface area contributed by atoms with Gasteiger partial charge in [-0.25, -0.2) is 9.49 Å². The van der Waals surface area contributed by atoms with Gasteiger partial charge in [-0.2, -0.15) is 0 Å². The summed E-state index contributed by atoms with van der Waals surface area (Å²) in [6.07, 6.45) is 0. The molecule has 13 heavy (non-hydrogen) atoms. The molecule has 0 aliphatic rings. The summed E-state index contributed by atoms with van der Waals surface area (Å²) in [5.41, 5.74) is 0.437. The van der Waals surface area contributed by atoms with Crippen LogP contribution in [-0.4, -0.2) is 20.6 Å². The number of rotatable bonds is 1. The Morgan fingerprint density at radius 3 is 2.92 bits per heavy atom. The Bertz CT molecular complexity index is 414. The molecule has 1 radical (unpaired) electrons. The first-order valence-electron chi connectivity index (χ1n) is 3.39. The van der Waals surface area contributed by atoms with Crippen LogP contribution in [0.2, 0.25) is 5.02 Å². The molecule has 0 spiro atoms. The molecule has 0 saturated heterocycles. The second kappa shape index (κ2) is 3.10. The molecular formula is C7H3ClFN4. The van der Waals surface area contributed by atoms with Gasteiger partial charge in [-0.3, -0.25) is 0 Å². The Labute approximate surface area is 77.7 Å². The number of halogens is 2. The maximum Gasteiger partial charge on any atom is 0.180 e. The van der Waals surface area contributed by atoms with Crippen LogP contribution in [0.1, 0.15) is 0 Å². The fraction of sp³-hybridized carbons (Fsp3) is 0. The maximum atomic E-state index is 12.9. The Morgan fingerprint density at radius 2 is 2.31 bits per heavy atom. The van der Waals surface area contributed by atoms with Crippen molar-refractivity contribution < 1.29 is 4.39 Å². The lowest BCUT2D eigenvalue weighted by molar-refractivity contribution is 0.626. The Hall–Kier alpha value is -1.49. The van der Waals surface area contributed by atoms with E-state index in [1.54, 1.807) is 6.07 Å². The van der Waals surface area contributed by atoms with Crippen LogP contribution in [0.4, 0.5) is 4.39 Å². The monoisotopic (exact) mass is 197 g/mol. The van der Waals surface area contributed by atoms with Crippen LogP contribution in [-0.2, 0) is 0 Å². The average molecular weight is 198 g/mol. The van der Waals surface area contributed by atoms with E-state index in [0.717, 1.165) is 0 Å². The normalized spacial score (nSPS) is 10.3. The molecule has 2 aromatic rings. The molecule has 0 unspecified atom stereocenters. The largest absolute Gasteiger partial charge is 0.239 e. The highest BCUT2D eigenvalue weighted by atomic mass is 35.5. The van der Waals surface area contributed by atoms with Crippen molar-refractivity contribution in [2.24, 2.45) is 0 Å². The van der Waals surface area contributed by atoms with Crippen LogP contribution in [0.3, 0.4) is 0 Å². The number of H-pyrrole nitrogens is 1. The molecule has 0 amide bonds. The van der Waals surface area contributed by atoms with Crippen LogP contribution in [0, 0.1) is 11.9 Å². The van der Waals surface area contributed by atoms with E-state index in [-0.39, 0.29) is 5.02 Å². The lowest BCUT2D eigenvalue weighted by Crippen LogP contribution is -1.84. The van der Waals surface area contributed by atoms with Crippen LogP contribution in [0.15, 0.2) is 12.1 Å². The minimum Gasteiger partial charge on any atom is -0.239 e. The molecule has 2 rings (SSSR count). The topological polar surface area (TPSA) is 54.5 Å². The lowest BCUT2D eigenvalue weighted by Gasteiger charge is -1.95. The van der Waals surface area contributed by atoms with Crippen molar-refractivity contribution in [3.05, 3.63) is 29.0 Å². The summed E-state index contributed by atoms with van der Waals surface area (Å²) in [7, 11) is 0. The van der Waals surface area contributed by atoms with Gasteiger partial charge < -0.3 is 0 Å². The zero-order valence-corrected chi connectivity index (χ0v) is 7.01. The number of hydrogen-bond acceptors (Lipinski definition) is 3. The van der Waals surface area contributed by atoms with Gasteiger partial charge in [-0.05, 0) is 22.6 Å². The van der Waals surface area contributed by atoms with Gasteiger partial charge in [-0.1, -0.05) is 11.6 Å². The summed E-state index contributed by atoms with van der Waals surface area (Å²) in [4.78, 5) is 0. The first kappa shape index (κ1) is 8.12. The van der Waals surface area contributed by atoms with Crippen LogP contribution >= 0.6 is 11.6 Å². The Kier molecular flexibility index (Phi) is 1.94. The predicted octanol–water partition coefficient (Wildman–Crippen LogP) is 1.46. The molecule has 0 aliphatic carbocycles. The van der Waals surface area contributed by atoms with E-state index < -0.39 is 5.82 Å². The highest BCUT2D eigenvalue weighted by Gasteiger charge is 2.05. The number of aromatic amines is 1. The minimum atomic E-state index is -0.615. The van der Waals surface area contributed by atoms with Gasteiger partial charge in [0.1, 0.15) is 5.82 Å². The fourth-order valence-electron chi connectivity index (χ4n) is 0.861. The first-order chi connectivity index (χ1) is 6.27. The van der Waals surface area contributed by atoms with Gasteiger partial charge in [-0.15, -0.1) is 5.10 Å². The van der Waals surface area contributed by atoms with Gasteiger partial charge in [0.05, 0.1) is 5.02 Å². The zero-order chi connectivity index (χ0) is 9.26. The molecule has 1 heterocycles. The van der Waals surface area contributed by atoms with Crippen molar-refractivity contribution in [3.63, 3.8) is 0 Å². The van der Waals surface area contributed by atoms with Crippen molar-refractivity contribution in [3.8, 4) is 11.4 Å². The Balaban J connectivity index is 2.49. The molecule has 0 atom stereocenters. The number of nitrogens with one attached hydrogen (secondary N) is 1. The van der Waals surface area contributed by atoms with Crippen LogP contribution in [0.25, 0.3) is 11.4 Å². The Morgan fingerprint density at radius 1 is 1.46 bits per heavy atom. The molecular weight excluding hydrogens is 195 g/mol. The summed E-state index contributed by atoms with van der Waals surface area (Å²) < 4.78 is 12.9. The molecule has 6 heteroatoms. The summed E-state index contributed by atoms with van der Waals surface area (Å²) in [6.45, 7) is 0. The van der Waals surface area contributed by atoms with Crippen molar-refractivity contribution >= 4 is 11.6 Å². The smallest absolute Gasteiger partial charge is 0.180 e. The first-order valence-corrected chi connectivity index (χ1v) is 3.76. The summed E-state index contributed by atoms with van der Waals surface area (Å²) in [5, 5.41) is 12.8. The second-order valence-electron chi connectivity index (χ2n) is 2.28. The number of nitrogens with zero attached hydrogens (tertiary/aromatic N) is 3. The third-order valence-corrected chi connectivity index (χ3v) is 1.74. The van der Waals surface area contributed by atoms with Crippen molar-refractivity contribution in [1.82, 2.24) is 20.6 Å². The van der Waals surface area contributed by atoms with Gasteiger partial charge in [0, 0.05) is 11.6 Å². The second-order valence-corrected chi connectivity index (χ2v) is 2.69. The molecule has 65 valence electrons. The van der Waals surface area contributed by atoms with E-state index in [2.05, 4.69) is 26.7 Å². The van der Waals surface area contributed by atoms with Gasteiger partial charge in [0.2, 0.25) is 0 Å². The molecule has 1 N–H and O–H groups in total. The number of hydrogen-bond donors (Lipinski definition) is 1. The molecule has 0 bridgehead atoms. The minimum absolute atomic E-state index is 0.0243. The van der Waals surface area contributed by atoms with Gasteiger partial charge in [0.15, 0.2) is 5.82 Å². The van der Waals surface area contributed by atoms with Gasteiger partial charge >= 0.3 is 0 Å². The van der Waals surface area contributed by atoms with Crippen LogP contribution < -0.4 is 0 Å². The molecule has 1 aromatic carbocycles. The molecule has 4 nitrogen and oxygen atoms in total.